The number of ether oxygens (including phenoxy) is 2. The second-order valence-corrected chi connectivity index (χ2v) is 6.47. The van der Waals surface area contributed by atoms with Crippen LogP contribution in [0.2, 0.25) is 0 Å². The normalized spacial score (nSPS) is 14.5. The van der Waals surface area contributed by atoms with Crippen molar-refractivity contribution in [3.05, 3.63) is 36.0 Å². The molecular formula is C19H25N3O4. The Morgan fingerprint density at radius 3 is 2.46 bits per heavy atom. The van der Waals surface area contributed by atoms with Crippen LogP contribution in [0, 0.1) is 5.92 Å². The van der Waals surface area contributed by atoms with Crippen LogP contribution in [-0.4, -0.2) is 80.2 Å². The molecule has 26 heavy (non-hydrogen) atoms. The predicted octanol–water partition coefficient (Wildman–Crippen LogP) is 1.36. The lowest BCUT2D eigenvalue weighted by atomic mass is 9.97. The Hall–Kier alpha value is -2.38. The second kappa shape index (κ2) is 8.33. The fourth-order valence-corrected chi connectivity index (χ4v) is 3.21. The van der Waals surface area contributed by atoms with Crippen LogP contribution in [0.15, 0.2) is 30.5 Å². The molecule has 0 atom stereocenters. The summed E-state index contributed by atoms with van der Waals surface area (Å²) in [6.07, 6.45) is 1.74. The van der Waals surface area contributed by atoms with Crippen molar-refractivity contribution in [2.75, 3.05) is 53.6 Å². The van der Waals surface area contributed by atoms with Crippen molar-refractivity contribution in [2.24, 2.45) is 5.92 Å². The molecule has 140 valence electrons. The largest absolute Gasteiger partial charge is 0.383 e. The summed E-state index contributed by atoms with van der Waals surface area (Å²) in [5.41, 5.74) is 1.59. The minimum absolute atomic E-state index is 0.0353. The number of hydrogen-bond donors (Lipinski definition) is 1. The van der Waals surface area contributed by atoms with E-state index in [-0.39, 0.29) is 17.7 Å². The molecule has 1 aromatic heterocycles. The molecular weight excluding hydrogens is 334 g/mol. The standard InChI is InChI=1S/C19H25N3O4/c1-25-9-7-21(8-10-26-2)18(23)14-12-22(13-14)19(24)16-11-20-17-6-4-3-5-15(16)17/h3-6,11,14,20H,7-10,12-13H2,1-2H3. The van der Waals surface area contributed by atoms with Gasteiger partial charge in [0.2, 0.25) is 5.91 Å². The minimum Gasteiger partial charge on any atom is -0.383 e. The molecule has 0 saturated carbocycles. The van der Waals surface area contributed by atoms with Crippen molar-refractivity contribution in [3.8, 4) is 0 Å². The number of H-pyrrole nitrogens is 1. The molecule has 0 aliphatic carbocycles. The zero-order valence-corrected chi connectivity index (χ0v) is 15.2. The monoisotopic (exact) mass is 359 g/mol. The van der Waals surface area contributed by atoms with Gasteiger partial charge in [0.15, 0.2) is 0 Å². The maximum Gasteiger partial charge on any atom is 0.256 e. The predicted molar refractivity (Wildman–Crippen MR) is 98.0 cm³/mol. The molecule has 2 aromatic rings. The third-order valence-electron chi connectivity index (χ3n) is 4.78. The number of likely N-dealkylation sites (tertiary alicyclic amines) is 1. The Morgan fingerprint density at radius 2 is 1.81 bits per heavy atom. The average Bonchev–Trinajstić information content (AvgIpc) is 3.04. The second-order valence-electron chi connectivity index (χ2n) is 6.47. The van der Waals surface area contributed by atoms with E-state index in [1.807, 2.05) is 24.3 Å². The van der Waals surface area contributed by atoms with Gasteiger partial charge in [0, 0.05) is 57.5 Å². The first-order valence-electron chi connectivity index (χ1n) is 8.77. The van der Waals surface area contributed by atoms with Crippen LogP contribution < -0.4 is 0 Å². The molecule has 1 fully saturated rings. The van der Waals surface area contributed by atoms with E-state index in [2.05, 4.69) is 4.98 Å². The van der Waals surface area contributed by atoms with Gasteiger partial charge in [-0.2, -0.15) is 0 Å². The van der Waals surface area contributed by atoms with Gasteiger partial charge in [-0.05, 0) is 6.07 Å². The number of hydrogen-bond acceptors (Lipinski definition) is 4. The Balaban J connectivity index is 1.60. The molecule has 2 heterocycles. The Kier molecular flexibility index (Phi) is 5.90. The lowest BCUT2D eigenvalue weighted by molar-refractivity contribution is -0.141. The number of amides is 2. The van der Waals surface area contributed by atoms with Crippen molar-refractivity contribution in [3.63, 3.8) is 0 Å². The number of nitrogens with zero attached hydrogens (tertiary/aromatic N) is 2. The SMILES string of the molecule is COCCN(CCOC)C(=O)C1CN(C(=O)c2c[nH]c3ccccc23)C1. The van der Waals surface area contributed by atoms with Gasteiger partial charge in [0.1, 0.15) is 0 Å². The van der Waals surface area contributed by atoms with Crippen molar-refractivity contribution >= 4 is 22.7 Å². The number of fused-ring (bicyclic) bond motifs is 1. The van der Waals surface area contributed by atoms with E-state index in [9.17, 15) is 9.59 Å². The summed E-state index contributed by atoms with van der Waals surface area (Å²) in [7, 11) is 3.23. The Morgan fingerprint density at radius 1 is 1.15 bits per heavy atom. The highest BCUT2D eigenvalue weighted by Crippen LogP contribution is 2.25. The van der Waals surface area contributed by atoms with Gasteiger partial charge >= 0.3 is 0 Å². The molecule has 1 saturated heterocycles. The van der Waals surface area contributed by atoms with E-state index in [0.717, 1.165) is 10.9 Å². The van der Waals surface area contributed by atoms with Gasteiger partial charge in [0.25, 0.3) is 5.91 Å². The fraction of sp³-hybridized carbons (Fsp3) is 0.474. The number of carbonyl (C=O) groups excluding carboxylic acids is 2. The minimum atomic E-state index is -0.155. The highest BCUT2D eigenvalue weighted by Gasteiger charge is 2.38. The quantitative estimate of drug-likeness (QED) is 0.772. The zero-order valence-electron chi connectivity index (χ0n) is 15.2. The third kappa shape index (κ3) is 3.73. The Bertz CT molecular complexity index is 759. The lowest BCUT2D eigenvalue weighted by Gasteiger charge is -2.40. The van der Waals surface area contributed by atoms with E-state index >= 15 is 0 Å². The first kappa shape index (κ1) is 18.4. The number of aromatic amines is 1. The summed E-state index contributed by atoms with van der Waals surface area (Å²) < 4.78 is 10.2. The molecule has 0 radical (unpaired) electrons. The van der Waals surface area contributed by atoms with Gasteiger partial charge in [-0.15, -0.1) is 0 Å². The van der Waals surface area contributed by atoms with Gasteiger partial charge in [-0.25, -0.2) is 0 Å². The molecule has 1 N–H and O–H groups in total. The number of rotatable bonds is 8. The number of para-hydroxylation sites is 1. The van der Waals surface area contributed by atoms with Crippen molar-refractivity contribution in [1.29, 1.82) is 0 Å². The van der Waals surface area contributed by atoms with Crippen LogP contribution in [0.4, 0.5) is 0 Å². The number of nitrogens with one attached hydrogen (secondary N) is 1. The number of carbonyl (C=O) groups is 2. The maximum absolute atomic E-state index is 12.7. The molecule has 1 aromatic carbocycles. The highest BCUT2D eigenvalue weighted by atomic mass is 16.5. The molecule has 7 nitrogen and oxygen atoms in total. The summed E-state index contributed by atoms with van der Waals surface area (Å²) in [4.78, 5) is 32.0. The van der Waals surface area contributed by atoms with E-state index in [1.165, 1.54) is 0 Å². The van der Waals surface area contributed by atoms with Crippen LogP contribution >= 0.6 is 0 Å². The highest BCUT2D eigenvalue weighted by molar-refractivity contribution is 6.07. The van der Waals surface area contributed by atoms with E-state index in [4.69, 9.17) is 9.47 Å². The number of benzene rings is 1. The van der Waals surface area contributed by atoms with Gasteiger partial charge in [0.05, 0.1) is 24.7 Å². The molecule has 3 rings (SSSR count). The zero-order chi connectivity index (χ0) is 18.5. The van der Waals surface area contributed by atoms with Crippen LogP contribution in [0.3, 0.4) is 0 Å². The molecule has 1 aliphatic rings. The summed E-state index contributed by atoms with van der Waals surface area (Å²) in [6.45, 7) is 2.94. The van der Waals surface area contributed by atoms with Gasteiger partial charge in [-0.3, -0.25) is 9.59 Å². The van der Waals surface area contributed by atoms with Crippen molar-refractivity contribution in [2.45, 2.75) is 0 Å². The van der Waals surface area contributed by atoms with Crippen molar-refractivity contribution in [1.82, 2.24) is 14.8 Å². The van der Waals surface area contributed by atoms with E-state index in [0.29, 0.717) is 45.0 Å². The third-order valence-corrected chi connectivity index (χ3v) is 4.78. The average molecular weight is 359 g/mol. The molecule has 0 unspecified atom stereocenters. The van der Waals surface area contributed by atoms with Gasteiger partial charge < -0.3 is 24.3 Å². The number of aromatic nitrogens is 1. The summed E-state index contributed by atoms with van der Waals surface area (Å²) in [5, 5.41) is 0.911. The van der Waals surface area contributed by atoms with Crippen LogP contribution in [0.1, 0.15) is 10.4 Å². The summed E-state index contributed by atoms with van der Waals surface area (Å²) in [5.74, 6) is -0.133. The molecule has 0 bridgehead atoms. The summed E-state index contributed by atoms with van der Waals surface area (Å²) in [6, 6.07) is 7.72. The van der Waals surface area contributed by atoms with Crippen LogP contribution in [-0.2, 0) is 14.3 Å². The number of methoxy groups -OCH3 is 2. The maximum atomic E-state index is 12.7. The lowest BCUT2D eigenvalue weighted by Crippen LogP contribution is -2.57. The molecule has 2 amide bonds. The molecule has 1 aliphatic heterocycles. The van der Waals surface area contributed by atoms with Crippen molar-refractivity contribution < 1.29 is 19.1 Å². The topological polar surface area (TPSA) is 74.9 Å². The summed E-state index contributed by atoms with van der Waals surface area (Å²) >= 11 is 0. The Labute approximate surface area is 152 Å². The molecule has 7 heteroatoms. The van der Waals surface area contributed by atoms with Gasteiger partial charge in [-0.1, -0.05) is 18.2 Å². The van der Waals surface area contributed by atoms with E-state index in [1.54, 1.807) is 30.2 Å². The first-order valence-corrected chi connectivity index (χ1v) is 8.77. The molecule has 0 spiro atoms. The van der Waals surface area contributed by atoms with Crippen LogP contribution in [0.25, 0.3) is 10.9 Å². The smallest absolute Gasteiger partial charge is 0.256 e. The first-order chi connectivity index (χ1) is 12.7. The van der Waals surface area contributed by atoms with E-state index < -0.39 is 0 Å². The fourth-order valence-electron chi connectivity index (χ4n) is 3.21. The van der Waals surface area contributed by atoms with Crippen LogP contribution in [0.5, 0.6) is 0 Å².